The summed E-state index contributed by atoms with van der Waals surface area (Å²) in [6.07, 6.45) is 2.97. The van der Waals surface area contributed by atoms with Crippen molar-refractivity contribution in [2.75, 3.05) is 19.7 Å². The van der Waals surface area contributed by atoms with Gasteiger partial charge in [0, 0.05) is 6.04 Å². The van der Waals surface area contributed by atoms with E-state index < -0.39 is 0 Å². The lowest BCUT2D eigenvalue weighted by atomic mass is 9.91. The van der Waals surface area contributed by atoms with Gasteiger partial charge in [0.2, 0.25) is 0 Å². The third-order valence-electron chi connectivity index (χ3n) is 2.25. The van der Waals surface area contributed by atoms with Gasteiger partial charge in [-0.1, -0.05) is 0 Å². The number of ether oxygens (including phenoxy) is 1. The van der Waals surface area contributed by atoms with Crippen LogP contribution < -0.4 is 0 Å². The quantitative estimate of drug-likeness (QED) is 0.551. The van der Waals surface area contributed by atoms with Crippen LogP contribution in [0.4, 0.5) is 0 Å². The third-order valence-corrected chi connectivity index (χ3v) is 2.25. The van der Waals surface area contributed by atoms with E-state index in [9.17, 15) is 4.79 Å². The normalized spacial score (nSPS) is 21.5. The van der Waals surface area contributed by atoms with Crippen molar-refractivity contribution in [3.8, 4) is 0 Å². The summed E-state index contributed by atoms with van der Waals surface area (Å²) in [7, 11) is 0. The van der Waals surface area contributed by atoms with Gasteiger partial charge in [0.25, 0.3) is 6.47 Å². The van der Waals surface area contributed by atoms with Crippen LogP contribution in [0, 0.1) is 0 Å². The predicted molar refractivity (Wildman–Crippen MR) is 42.3 cm³/mol. The van der Waals surface area contributed by atoms with E-state index in [1.807, 2.05) is 0 Å². The molecule has 0 radical (unpaired) electrons. The number of carbonyl (C=O) groups excluding carboxylic acids is 1. The van der Waals surface area contributed by atoms with Crippen LogP contribution in [0.15, 0.2) is 0 Å². The lowest BCUT2D eigenvalue weighted by molar-refractivity contribution is -0.128. The Morgan fingerprint density at radius 1 is 1.55 bits per heavy atom. The SMILES string of the molecule is C1CN2CCC12.CCOC=O. The van der Waals surface area contributed by atoms with Crippen LogP contribution >= 0.6 is 0 Å². The molecular formula is C8H15NO2. The number of nitrogens with zero attached hydrogens (tertiary/aromatic N) is 1. The molecular weight excluding hydrogens is 142 g/mol. The number of hydrogen-bond acceptors (Lipinski definition) is 3. The minimum Gasteiger partial charge on any atom is -0.468 e. The van der Waals surface area contributed by atoms with Crippen LogP contribution in [0.2, 0.25) is 0 Å². The van der Waals surface area contributed by atoms with Crippen LogP contribution in [0.25, 0.3) is 0 Å². The standard InChI is InChI=1S/C5H9N.C3H6O2/c1-3-6-4-2-5(1)6;1-2-5-3-4/h5H,1-4H2;3H,2H2,1H3. The first-order valence-corrected chi connectivity index (χ1v) is 4.17. The topological polar surface area (TPSA) is 29.5 Å². The Labute approximate surface area is 67.3 Å². The molecule has 0 amide bonds. The minimum absolute atomic E-state index is 0.431. The van der Waals surface area contributed by atoms with Crippen molar-refractivity contribution in [3.63, 3.8) is 0 Å². The van der Waals surface area contributed by atoms with Gasteiger partial charge in [-0.25, -0.2) is 0 Å². The molecule has 0 bridgehead atoms. The first-order chi connectivity index (χ1) is 5.38. The zero-order chi connectivity index (χ0) is 8.10. The average molecular weight is 157 g/mol. The molecule has 0 aliphatic carbocycles. The van der Waals surface area contributed by atoms with Gasteiger partial charge in [0.1, 0.15) is 0 Å². The van der Waals surface area contributed by atoms with Gasteiger partial charge in [-0.2, -0.15) is 0 Å². The van der Waals surface area contributed by atoms with E-state index >= 15 is 0 Å². The average Bonchev–Trinajstić information content (AvgIpc) is 2.00. The van der Waals surface area contributed by atoms with Crippen molar-refractivity contribution in [1.82, 2.24) is 4.90 Å². The van der Waals surface area contributed by atoms with Crippen molar-refractivity contribution in [2.24, 2.45) is 0 Å². The molecule has 0 atom stereocenters. The fourth-order valence-electron chi connectivity index (χ4n) is 1.31. The van der Waals surface area contributed by atoms with E-state index in [-0.39, 0.29) is 0 Å². The molecule has 2 fully saturated rings. The molecule has 0 aromatic heterocycles. The summed E-state index contributed by atoms with van der Waals surface area (Å²) in [5, 5.41) is 0. The maximum Gasteiger partial charge on any atom is 0.293 e. The highest BCUT2D eigenvalue weighted by Gasteiger charge is 2.34. The van der Waals surface area contributed by atoms with Gasteiger partial charge in [-0.05, 0) is 32.9 Å². The Balaban J connectivity index is 0.000000114. The van der Waals surface area contributed by atoms with E-state index in [1.54, 1.807) is 6.92 Å². The monoisotopic (exact) mass is 157 g/mol. The minimum atomic E-state index is 0.431. The van der Waals surface area contributed by atoms with Crippen LogP contribution in [-0.2, 0) is 9.53 Å². The molecule has 0 saturated carbocycles. The highest BCUT2D eigenvalue weighted by atomic mass is 16.5. The molecule has 0 unspecified atom stereocenters. The van der Waals surface area contributed by atoms with Crippen molar-refractivity contribution >= 4 is 6.47 Å². The fourth-order valence-corrected chi connectivity index (χ4v) is 1.31. The van der Waals surface area contributed by atoms with Crippen LogP contribution in [-0.4, -0.2) is 37.1 Å². The molecule has 64 valence electrons. The number of rotatable bonds is 2. The number of piperidine rings is 1. The molecule has 2 aliphatic heterocycles. The van der Waals surface area contributed by atoms with E-state index in [2.05, 4.69) is 9.64 Å². The van der Waals surface area contributed by atoms with E-state index in [0.29, 0.717) is 13.1 Å². The Morgan fingerprint density at radius 2 is 2.09 bits per heavy atom. The number of fused-ring (bicyclic) bond motifs is 1. The zero-order valence-electron chi connectivity index (χ0n) is 6.95. The molecule has 2 aliphatic rings. The summed E-state index contributed by atoms with van der Waals surface area (Å²) in [5.41, 5.74) is 0. The lowest BCUT2D eigenvalue weighted by Crippen LogP contribution is -2.57. The summed E-state index contributed by atoms with van der Waals surface area (Å²) < 4.78 is 4.15. The second-order valence-corrected chi connectivity index (χ2v) is 2.82. The molecule has 2 rings (SSSR count). The Hall–Kier alpha value is -0.570. The van der Waals surface area contributed by atoms with Crippen molar-refractivity contribution in [2.45, 2.75) is 25.8 Å². The molecule has 0 spiro atoms. The van der Waals surface area contributed by atoms with E-state index in [0.717, 1.165) is 6.04 Å². The maximum atomic E-state index is 9.18. The summed E-state index contributed by atoms with van der Waals surface area (Å²) >= 11 is 0. The first-order valence-electron chi connectivity index (χ1n) is 4.17. The molecule has 2 saturated heterocycles. The lowest BCUT2D eigenvalue weighted by Gasteiger charge is -2.50. The fraction of sp³-hybridized carbons (Fsp3) is 0.875. The van der Waals surface area contributed by atoms with Gasteiger partial charge in [0.05, 0.1) is 6.61 Å². The van der Waals surface area contributed by atoms with Gasteiger partial charge in [-0.3, -0.25) is 4.79 Å². The van der Waals surface area contributed by atoms with Gasteiger partial charge >= 0.3 is 0 Å². The molecule has 0 N–H and O–H groups in total. The third kappa shape index (κ3) is 2.19. The first kappa shape index (κ1) is 8.53. The van der Waals surface area contributed by atoms with Gasteiger partial charge in [0.15, 0.2) is 0 Å². The number of carbonyl (C=O) groups is 1. The second-order valence-electron chi connectivity index (χ2n) is 2.82. The summed E-state index contributed by atoms with van der Waals surface area (Å²) in [5.74, 6) is 0. The molecule has 11 heavy (non-hydrogen) atoms. The smallest absolute Gasteiger partial charge is 0.293 e. The van der Waals surface area contributed by atoms with Gasteiger partial charge in [-0.15, -0.1) is 0 Å². The summed E-state index contributed by atoms with van der Waals surface area (Å²) in [4.78, 5) is 11.7. The molecule has 0 aromatic rings. The van der Waals surface area contributed by atoms with Gasteiger partial charge < -0.3 is 9.64 Å². The highest BCUT2D eigenvalue weighted by molar-refractivity contribution is 5.36. The Morgan fingerprint density at radius 3 is 2.09 bits per heavy atom. The largest absolute Gasteiger partial charge is 0.468 e. The van der Waals surface area contributed by atoms with Crippen LogP contribution in [0.3, 0.4) is 0 Å². The Bertz CT molecular complexity index is 109. The van der Waals surface area contributed by atoms with Crippen molar-refractivity contribution in [3.05, 3.63) is 0 Å². The molecule has 0 aromatic carbocycles. The van der Waals surface area contributed by atoms with Crippen LogP contribution in [0.1, 0.15) is 19.8 Å². The molecule has 3 heteroatoms. The maximum absolute atomic E-state index is 9.18. The number of hydrogen-bond donors (Lipinski definition) is 0. The highest BCUT2D eigenvalue weighted by Crippen LogP contribution is 2.28. The predicted octanol–water partition coefficient (Wildman–Crippen LogP) is 0.644. The Kier molecular flexibility index (Phi) is 3.36. The molecule has 2 heterocycles. The van der Waals surface area contributed by atoms with E-state index in [4.69, 9.17) is 0 Å². The second kappa shape index (κ2) is 4.34. The summed E-state index contributed by atoms with van der Waals surface area (Å²) in [6, 6.07) is 1.05. The van der Waals surface area contributed by atoms with Crippen molar-refractivity contribution in [1.29, 1.82) is 0 Å². The molecule has 3 nitrogen and oxygen atoms in total. The van der Waals surface area contributed by atoms with Crippen molar-refractivity contribution < 1.29 is 9.53 Å². The summed E-state index contributed by atoms with van der Waals surface area (Å²) in [6.45, 7) is 5.45. The van der Waals surface area contributed by atoms with E-state index in [1.165, 1.54) is 25.9 Å². The zero-order valence-corrected chi connectivity index (χ0v) is 6.95. The van der Waals surface area contributed by atoms with Crippen LogP contribution in [0.5, 0.6) is 0 Å².